The first-order valence-corrected chi connectivity index (χ1v) is 9.03. The van der Waals surface area contributed by atoms with Gasteiger partial charge in [0.1, 0.15) is 0 Å². The van der Waals surface area contributed by atoms with Crippen molar-refractivity contribution >= 4 is 0 Å². The molecule has 0 bridgehead atoms. The zero-order chi connectivity index (χ0) is 15.0. The fourth-order valence-electron chi connectivity index (χ4n) is 2.65. The molecule has 0 aromatic heterocycles. The molecule has 0 N–H and O–H groups in total. The fourth-order valence-corrected chi connectivity index (χ4v) is 2.65. The molecule has 1 radical (unpaired) electrons. The number of hydrogen-bond acceptors (Lipinski definition) is 0. The molecule has 0 spiro atoms. The average Bonchev–Trinajstić information content (AvgIpc) is 2.53. The normalized spacial score (nSPS) is 11.3. The maximum absolute atomic E-state index is 3.06. The molecule has 1 aromatic carbocycles. The molecule has 0 amide bonds. The molecule has 0 aliphatic heterocycles. The maximum Gasteiger partial charge on any atom is -0.0184 e. The number of unbranched alkanes of at least 4 members (excludes halogenated alkanes) is 9. The highest BCUT2D eigenvalue weighted by Gasteiger charge is 1.91. The van der Waals surface area contributed by atoms with E-state index in [0.717, 1.165) is 6.42 Å². The van der Waals surface area contributed by atoms with E-state index in [4.69, 9.17) is 0 Å². The van der Waals surface area contributed by atoms with Crippen molar-refractivity contribution in [2.45, 2.75) is 84.0 Å². The molecule has 0 saturated heterocycles. The standard InChI is InChI=1S/C21H33/c1-2-3-4-5-6-7-8-9-10-11-12-13-15-18-21-19-16-14-17-20-21/h12-13,16-17,19-20H,2-11,15,18H2,1H3. The molecule has 0 unspecified atom stereocenters. The van der Waals surface area contributed by atoms with Crippen molar-refractivity contribution in [3.8, 4) is 0 Å². The SMILES string of the molecule is CCCCCCCCCCCC=CCCc1cc[c]cc1. The Labute approximate surface area is 132 Å². The summed E-state index contributed by atoms with van der Waals surface area (Å²) in [4.78, 5) is 0. The highest BCUT2D eigenvalue weighted by molar-refractivity contribution is 5.14. The second-order valence-corrected chi connectivity index (χ2v) is 6.04. The topological polar surface area (TPSA) is 0 Å². The zero-order valence-electron chi connectivity index (χ0n) is 13.9. The van der Waals surface area contributed by atoms with Crippen molar-refractivity contribution in [2.24, 2.45) is 0 Å². The van der Waals surface area contributed by atoms with Crippen molar-refractivity contribution in [3.63, 3.8) is 0 Å². The molecule has 21 heavy (non-hydrogen) atoms. The van der Waals surface area contributed by atoms with Crippen molar-refractivity contribution in [1.82, 2.24) is 0 Å². The molecule has 0 heteroatoms. The Bertz CT molecular complexity index is 336. The van der Waals surface area contributed by atoms with Gasteiger partial charge in [0.2, 0.25) is 0 Å². The highest BCUT2D eigenvalue weighted by atomic mass is 14.0. The van der Waals surface area contributed by atoms with E-state index < -0.39 is 0 Å². The number of hydrogen-bond donors (Lipinski definition) is 0. The summed E-state index contributed by atoms with van der Waals surface area (Å²) < 4.78 is 0. The molecule has 0 aliphatic rings. The van der Waals surface area contributed by atoms with Crippen LogP contribution in [0.4, 0.5) is 0 Å². The van der Waals surface area contributed by atoms with Gasteiger partial charge < -0.3 is 0 Å². The van der Waals surface area contributed by atoms with Crippen LogP contribution in [0.1, 0.15) is 83.1 Å². The Hall–Kier alpha value is -1.04. The summed E-state index contributed by atoms with van der Waals surface area (Å²) in [6.07, 6.45) is 21.1. The van der Waals surface area contributed by atoms with Crippen molar-refractivity contribution in [2.75, 3.05) is 0 Å². The number of benzene rings is 1. The number of allylic oxidation sites excluding steroid dienone is 2. The summed E-state index contributed by atoms with van der Waals surface area (Å²) in [5, 5.41) is 0. The summed E-state index contributed by atoms with van der Waals surface area (Å²) >= 11 is 0. The Morgan fingerprint density at radius 2 is 1.33 bits per heavy atom. The van der Waals surface area contributed by atoms with Gasteiger partial charge in [-0.25, -0.2) is 0 Å². The third kappa shape index (κ3) is 11.3. The lowest BCUT2D eigenvalue weighted by Crippen LogP contribution is -1.82. The summed E-state index contributed by atoms with van der Waals surface area (Å²) in [5.74, 6) is 0. The number of aryl methyl sites for hydroxylation is 1. The van der Waals surface area contributed by atoms with Crippen LogP contribution in [-0.4, -0.2) is 0 Å². The quantitative estimate of drug-likeness (QED) is 0.273. The Morgan fingerprint density at radius 1 is 0.762 bits per heavy atom. The molecule has 117 valence electrons. The Morgan fingerprint density at radius 3 is 2.00 bits per heavy atom. The van der Waals surface area contributed by atoms with Crippen molar-refractivity contribution in [1.29, 1.82) is 0 Å². The summed E-state index contributed by atoms with van der Waals surface area (Å²) in [5.41, 5.74) is 1.42. The third-order valence-corrected chi connectivity index (χ3v) is 4.03. The summed E-state index contributed by atoms with van der Waals surface area (Å²) in [6, 6.07) is 11.4. The molecule has 0 saturated carbocycles. The molecule has 0 nitrogen and oxygen atoms in total. The van der Waals surface area contributed by atoms with Crippen LogP contribution in [0.15, 0.2) is 36.4 Å². The molecule has 0 heterocycles. The molecular weight excluding hydrogens is 252 g/mol. The van der Waals surface area contributed by atoms with Gasteiger partial charge in [0, 0.05) is 0 Å². The van der Waals surface area contributed by atoms with Crippen LogP contribution in [0.3, 0.4) is 0 Å². The maximum atomic E-state index is 3.06. The average molecular weight is 285 g/mol. The molecule has 0 aliphatic carbocycles. The van der Waals surface area contributed by atoms with E-state index in [1.807, 2.05) is 12.1 Å². The predicted octanol–water partition coefficient (Wildman–Crippen LogP) is 6.90. The van der Waals surface area contributed by atoms with Crippen LogP contribution in [-0.2, 0) is 6.42 Å². The summed E-state index contributed by atoms with van der Waals surface area (Å²) in [6.45, 7) is 2.28. The van der Waals surface area contributed by atoms with Crippen LogP contribution < -0.4 is 0 Å². The molecular formula is C21H33. The third-order valence-electron chi connectivity index (χ3n) is 4.03. The van der Waals surface area contributed by atoms with Gasteiger partial charge in [-0.05, 0) is 37.3 Å². The van der Waals surface area contributed by atoms with Gasteiger partial charge in [0.25, 0.3) is 0 Å². The highest BCUT2D eigenvalue weighted by Crippen LogP contribution is 2.11. The van der Waals surface area contributed by atoms with Crippen LogP contribution in [0.2, 0.25) is 0 Å². The first-order valence-electron chi connectivity index (χ1n) is 9.03. The molecule has 0 atom stereocenters. The van der Waals surface area contributed by atoms with E-state index in [-0.39, 0.29) is 0 Å². The van der Waals surface area contributed by atoms with Crippen molar-refractivity contribution in [3.05, 3.63) is 48.0 Å². The Kier molecular flexibility index (Phi) is 11.9. The van der Waals surface area contributed by atoms with E-state index in [1.54, 1.807) is 0 Å². The summed E-state index contributed by atoms with van der Waals surface area (Å²) in [7, 11) is 0. The minimum absolute atomic E-state index is 1.16. The first kappa shape index (κ1) is 18.0. The predicted molar refractivity (Wildman–Crippen MR) is 94.6 cm³/mol. The van der Waals surface area contributed by atoms with Gasteiger partial charge >= 0.3 is 0 Å². The molecule has 0 fully saturated rings. The molecule has 1 aromatic rings. The smallest absolute Gasteiger partial charge is 0.0184 e. The van der Waals surface area contributed by atoms with E-state index >= 15 is 0 Å². The second kappa shape index (κ2) is 13.9. The molecule has 1 rings (SSSR count). The lowest BCUT2D eigenvalue weighted by molar-refractivity contribution is 0.566. The number of rotatable bonds is 13. The minimum Gasteiger partial charge on any atom is -0.0885 e. The second-order valence-electron chi connectivity index (χ2n) is 6.04. The van der Waals surface area contributed by atoms with Gasteiger partial charge in [-0.15, -0.1) is 0 Å². The first-order chi connectivity index (χ1) is 10.4. The van der Waals surface area contributed by atoms with Crippen LogP contribution in [0.5, 0.6) is 0 Å². The zero-order valence-corrected chi connectivity index (χ0v) is 13.9. The Balaban J connectivity index is 1.82. The lowest BCUT2D eigenvalue weighted by atomic mass is 10.1. The van der Waals surface area contributed by atoms with E-state index in [9.17, 15) is 0 Å². The van der Waals surface area contributed by atoms with Gasteiger partial charge in [0.05, 0.1) is 0 Å². The van der Waals surface area contributed by atoms with Crippen LogP contribution >= 0.6 is 0 Å². The monoisotopic (exact) mass is 285 g/mol. The van der Waals surface area contributed by atoms with E-state index in [0.29, 0.717) is 0 Å². The fraction of sp³-hybridized carbons (Fsp3) is 0.619. The van der Waals surface area contributed by atoms with Crippen LogP contribution in [0.25, 0.3) is 0 Å². The van der Waals surface area contributed by atoms with E-state index in [2.05, 4.69) is 37.3 Å². The minimum atomic E-state index is 1.16. The van der Waals surface area contributed by atoms with Gasteiger partial charge in [0.15, 0.2) is 0 Å². The van der Waals surface area contributed by atoms with Gasteiger partial charge in [-0.1, -0.05) is 94.7 Å². The van der Waals surface area contributed by atoms with Gasteiger partial charge in [-0.3, -0.25) is 0 Å². The van der Waals surface area contributed by atoms with E-state index in [1.165, 1.54) is 76.2 Å². The van der Waals surface area contributed by atoms with Crippen LogP contribution in [0, 0.1) is 6.07 Å². The largest absolute Gasteiger partial charge is 0.0885 e. The van der Waals surface area contributed by atoms with Gasteiger partial charge in [-0.2, -0.15) is 0 Å². The lowest BCUT2D eigenvalue weighted by Gasteiger charge is -2.00. The van der Waals surface area contributed by atoms with Crippen molar-refractivity contribution < 1.29 is 0 Å².